The van der Waals surface area contributed by atoms with E-state index in [1.165, 1.54) is 18.0 Å². The number of fused-ring (bicyclic) bond motifs is 1. The Morgan fingerprint density at radius 2 is 2.30 bits per heavy atom. The molecule has 9 heteroatoms. The number of nitrogens with one attached hydrogen (secondary N) is 1. The van der Waals surface area contributed by atoms with Crippen molar-refractivity contribution in [2.45, 2.75) is 17.8 Å². The first-order valence-electron chi connectivity index (χ1n) is 6.45. The fourth-order valence-electron chi connectivity index (χ4n) is 1.96. The number of aromatic amines is 1. The Labute approximate surface area is 148 Å². The molecule has 0 saturated heterocycles. The van der Waals surface area contributed by atoms with E-state index in [0.29, 0.717) is 15.9 Å². The van der Waals surface area contributed by atoms with Crippen LogP contribution in [0.1, 0.15) is 16.7 Å². The summed E-state index contributed by atoms with van der Waals surface area (Å²) in [6.07, 6.45) is 1.32. The van der Waals surface area contributed by atoms with Crippen molar-refractivity contribution in [3.8, 4) is 6.07 Å². The van der Waals surface area contributed by atoms with Crippen LogP contribution in [0.25, 0.3) is 5.65 Å². The highest BCUT2D eigenvalue weighted by molar-refractivity contribution is 9.10. The Bertz CT molecular complexity index is 1010. The Morgan fingerprint density at radius 3 is 3.04 bits per heavy atom. The summed E-state index contributed by atoms with van der Waals surface area (Å²) in [5.41, 5.74) is 2.04. The number of hydrogen-bond donors (Lipinski definition) is 1. The van der Waals surface area contributed by atoms with Gasteiger partial charge in [-0.15, -0.1) is 0 Å². The highest BCUT2D eigenvalue weighted by Crippen LogP contribution is 2.29. The number of thioether (sulfide) groups is 1. The van der Waals surface area contributed by atoms with Crippen LogP contribution >= 0.6 is 39.3 Å². The largest absolute Gasteiger partial charge is 0.350 e. The number of H-pyrrole nitrogens is 1. The van der Waals surface area contributed by atoms with E-state index < -0.39 is 5.69 Å². The van der Waals surface area contributed by atoms with Gasteiger partial charge in [-0.05, 0) is 30.2 Å². The van der Waals surface area contributed by atoms with Gasteiger partial charge in [0, 0.05) is 15.2 Å². The zero-order chi connectivity index (χ0) is 16.6. The SMILES string of the molecule is Cc1cc(Cl)c(CSc2nc3c(C#N)cnn3c(=O)[nH]2)cc1Br. The zero-order valence-corrected chi connectivity index (χ0v) is 15.0. The first kappa shape index (κ1) is 16.1. The molecule has 0 spiro atoms. The molecule has 1 N–H and O–H groups in total. The summed E-state index contributed by atoms with van der Waals surface area (Å²) in [5, 5.41) is 13.9. The van der Waals surface area contributed by atoms with E-state index in [2.05, 4.69) is 31.0 Å². The van der Waals surface area contributed by atoms with Gasteiger partial charge in [0.2, 0.25) is 0 Å². The van der Waals surface area contributed by atoms with Crippen molar-refractivity contribution in [2.24, 2.45) is 0 Å². The summed E-state index contributed by atoms with van der Waals surface area (Å²) in [5.74, 6) is 0.535. The zero-order valence-electron chi connectivity index (χ0n) is 11.8. The van der Waals surface area contributed by atoms with Crippen LogP contribution in [0.4, 0.5) is 0 Å². The van der Waals surface area contributed by atoms with Gasteiger partial charge in [0.1, 0.15) is 11.6 Å². The van der Waals surface area contributed by atoms with Gasteiger partial charge in [-0.1, -0.05) is 39.3 Å². The topological polar surface area (TPSA) is 86.8 Å². The first-order valence-corrected chi connectivity index (χ1v) is 8.60. The maximum Gasteiger partial charge on any atom is 0.350 e. The summed E-state index contributed by atoms with van der Waals surface area (Å²) in [6.45, 7) is 1.96. The van der Waals surface area contributed by atoms with Crippen molar-refractivity contribution in [3.63, 3.8) is 0 Å². The van der Waals surface area contributed by atoms with Gasteiger partial charge >= 0.3 is 5.69 Å². The summed E-state index contributed by atoms with van der Waals surface area (Å²) in [7, 11) is 0. The molecular weight excluding hydrogens is 402 g/mol. The van der Waals surface area contributed by atoms with Crippen molar-refractivity contribution in [1.29, 1.82) is 5.26 Å². The molecular formula is C14H9BrClN5OS. The van der Waals surface area contributed by atoms with Gasteiger partial charge in [-0.2, -0.15) is 14.9 Å². The fraction of sp³-hybridized carbons (Fsp3) is 0.143. The lowest BCUT2D eigenvalue weighted by Gasteiger charge is -2.07. The van der Waals surface area contributed by atoms with Gasteiger partial charge in [0.15, 0.2) is 10.8 Å². The molecule has 0 bridgehead atoms. The van der Waals surface area contributed by atoms with Crippen LogP contribution in [0.15, 0.2) is 32.8 Å². The van der Waals surface area contributed by atoms with Crippen LogP contribution in [0.5, 0.6) is 0 Å². The van der Waals surface area contributed by atoms with Gasteiger partial charge in [-0.25, -0.2) is 9.78 Å². The molecule has 0 amide bonds. The van der Waals surface area contributed by atoms with Crippen molar-refractivity contribution < 1.29 is 0 Å². The van der Waals surface area contributed by atoms with Crippen LogP contribution < -0.4 is 5.69 Å². The number of hydrogen-bond acceptors (Lipinski definition) is 5. The monoisotopic (exact) mass is 409 g/mol. The van der Waals surface area contributed by atoms with Crippen molar-refractivity contribution in [2.75, 3.05) is 0 Å². The molecule has 0 atom stereocenters. The predicted octanol–water partition coefficient (Wildman–Crippen LogP) is 3.31. The Morgan fingerprint density at radius 1 is 1.52 bits per heavy atom. The second-order valence-corrected chi connectivity index (χ2v) is 6.96. The molecule has 0 aliphatic heterocycles. The van der Waals surface area contributed by atoms with Gasteiger partial charge < -0.3 is 0 Å². The average Bonchev–Trinajstić information content (AvgIpc) is 2.93. The number of nitrogens with zero attached hydrogens (tertiary/aromatic N) is 4. The molecule has 6 nitrogen and oxygen atoms in total. The molecule has 0 radical (unpaired) electrons. The summed E-state index contributed by atoms with van der Waals surface area (Å²) < 4.78 is 2.04. The van der Waals surface area contributed by atoms with E-state index in [0.717, 1.165) is 20.1 Å². The third-order valence-electron chi connectivity index (χ3n) is 3.17. The maximum atomic E-state index is 12.0. The molecule has 3 aromatic rings. The normalized spacial score (nSPS) is 10.9. The smallest absolute Gasteiger partial charge is 0.285 e. The molecule has 2 heterocycles. The number of rotatable bonds is 3. The van der Waals surface area contributed by atoms with E-state index in [9.17, 15) is 4.79 Å². The van der Waals surface area contributed by atoms with Gasteiger partial charge in [0.25, 0.3) is 0 Å². The molecule has 116 valence electrons. The lowest BCUT2D eigenvalue weighted by Crippen LogP contribution is -2.19. The quantitative estimate of drug-likeness (QED) is 0.669. The average molecular weight is 411 g/mol. The lowest BCUT2D eigenvalue weighted by molar-refractivity contribution is 0.786. The number of halogens is 2. The Hall–Kier alpha value is -1.82. The minimum atomic E-state index is -0.435. The van der Waals surface area contributed by atoms with Gasteiger partial charge in [0.05, 0.1) is 6.20 Å². The molecule has 1 aromatic carbocycles. The summed E-state index contributed by atoms with van der Waals surface area (Å²) in [6, 6.07) is 5.79. The van der Waals surface area contributed by atoms with E-state index >= 15 is 0 Å². The van der Waals surface area contributed by atoms with Crippen molar-refractivity contribution in [1.82, 2.24) is 19.6 Å². The molecule has 3 rings (SSSR count). The molecule has 0 saturated carbocycles. The Balaban J connectivity index is 1.92. The molecule has 0 aliphatic carbocycles. The molecule has 0 fully saturated rings. The maximum absolute atomic E-state index is 12.0. The van der Waals surface area contributed by atoms with Crippen LogP contribution in [0.2, 0.25) is 5.02 Å². The first-order chi connectivity index (χ1) is 11.0. The third-order valence-corrected chi connectivity index (χ3v) is 5.30. The lowest BCUT2D eigenvalue weighted by atomic mass is 10.2. The van der Waals surface area contributed by atoms with E-state index in [-0.39, 0.29) is 11.2 Å². The van der Waals surface area contributed by atoms with Gasteiger partial charge in [-0.3, -0.25) is 4.98 Å². The highest BCUT2D eigenvalue weighted by Gasteiger charge is 2.11. The van der Waals surface area contributed by atoms with E-state index in [4.69, 9.17) is 16.9 Å². The number of aromatic nitrogens is 4. The minimum absolute atomic E-state index is 0.245. The van der Waals surface area contributed by atoms with Crippen LogP contribution in [0.3, 0.4) is 0 Å². The number of nitriles is 1. The standard InChI is InChI=1S/C14H9BrClN5OS/c1-7-2-11(16)8(3-10(7)15)6-23-13-19-12-9(4-17)5-18-21(12)14(22)20-13/h2-3,5H,6H2,1H3,(H,19,20,22). The second kappa shape index (κ2) is 6.35. The number of benzene rings is 1. The van der Waals surface area contributed by atoms with E-state index in [1.807, 2.05) is 25.1 Å². The molecule has 2 aromatic heterocycles. The van der Waals surface area contributed by atoms with Crippen LogP contribution in [-0.2, 0) is 5.75 Å². The molecule has 0 unspecified atom stereocenters. The molecule has 23 heavy (non-hydrogen) atoms. The van der Waals surface area contributed by atoms with Crippen molar-refractivity contribution >= 4 is 44.9 Å². The Kier molecular flexibility index (Phi) is 4.43. The molecule has 0 aliphatic rings. The third kappa shape index (κ3) is 3.13. The summed E-state index contributed by atoms with van der Waals surface area (Å²) in [4.78, 5) is 18.9. The van der Waals surface area contributed by atoms with Crippen LogP contribution in [-0.4, -0.2) is 19.6 Å². The summed E-state index contributed by atoms with van der Waals surface area (Å²) >= 11 is 11.0. The van der Waals surface area contributed by atoms with Crippen LogP contribution in [0, 0.1) is 18.3 Å². The van der Waals surface area contributed by atoms with Crippen molar-refractivity contribution in [3.05, 3.63) is 55.0 Å². The van der Waals surface area contributed by atoms with E-state index in [1.54, 1.807) is 0 Å². The fourth-order valence-corrected chi connectivity index (χ4v) is 3.55. The second-order valence-electron chi connectivity index (χ2n) is 4.73. The minimum Gasteiger partial charge on any atom is -0.285 e. The highest BCUT2D eigenvalue weighted by atomic mass is 79.9. The number of aryl methyl sites for hydroxylation is 1. The predicted molar refractivity (Wildman–Crippen MR) is 91.8 cm³/mol.